The number of hydrogen-bond donors (Lipinski definition) is 3. The lowest BCUT2D eigenvalue weighted by Crippen LogP contribution is -2.31. The number of H-pyrrole nitrogens is 1. The van der Waals surface area contributed by atoms with Crippen molar-refractivity contribution in [3.8, 4) is 0 Å². The number of rotatable bonds is 4. The summed E-state index contributed by atoms with van der Waals surface area (Å²) in [5, 5.41) is 7.09. The molecule has 22 heavy (non-hydrogen) atoms. The summed E-state index contributed by atoms with van der Waals surface area (Å²) >= 11 is 0. The normalized spacial score (nSPS) is 17.2. The lowest BCUT2D eigenvalue weighted by molar-refractivity contribution is 0.0954. The molecule has 6 heteroatoms. The van der Waals surface area contributed by atoms with Gasteiger partial charge >= 0.3 is 0 Å². The molecule has 1 saturated heterocycles. The van der Waals surface area contributed by atoms with Gasteiger partial charge in [0.1, 0.15) is 0 Å². The van der Waals surface area contributed by atoms with Gasteiger partial charge in [-0.15, -0.1) is 12.4 Å². The van der Waals surface area contributed by atoms with Gasteiger partial charge in [0.25, 0.3) is 5.91 Å². The maximum atomic E-state index is 12.3. The van der Waals surface area contributed by atoms with Crippen molar-refractivity contribution in [3.05, 3.63) is 46.2 Å². The monoisotopic (exact) mass is 321 g/mol. The number of nitrogens with one attached hydrogen (secondary N) is 3. The van der Waals surface area contributed by atoms with Crippen LogP contribution in [-0.2, 0) is 0 Å². The fraction of sp³-hybridized carbons (Fsp3) is 0.375. The van der Waals surface area contributed by atoms with Gasteiger partial charge in [-0.2, -0.15) is 0 Å². The Balaban J connectivity index is 0.00000176. The summed E-state index contributed by atoms with van der Waals surface area (Å²) in [6, 6.07) is 9.22. The van der Waals surface area contributed by atoms with Gasteiger partial charge < -0.3 is 15.6 Å². The van der Waals surface area contributed by atoms with Gasteiger partial charge in [-0.3, -0.25) is 9.59 Å². The van der Waals surface area contributed by atoms with Gasteiger partial charge in [0.2, 0.25) is 5.56 Å². The van der Waals surface area contributed by atoms with E-state index in [1.807, 2.05) is 18.2 Å². The van der Waals surface area contributed by atoms with Crippen molar-refractivity contribution >= 4 is 29.2 Å². The van der Waals surface area contributed by atoms with Crippen LogP contribution in [0.25, 0.3) is 10.9 Å². The fourth-order valence-electron chi connectivity index (χ4n) is 2.85. The van der Waals surface area contributed by atoms with Crippen molar-refractivity contribution in [2.45, 2.75) is 25.3 Å². The number of pyridine rings is 1. The minimum atomic E-state index is -0.253. The van der Waals surface area contributed by atoms with Crippen molar-refractivity contribution in [1.29, 1.82) is 0 Å². The first-order valence-electron chi connectivity index (χ1n) is 7.38. The molecule has 0 aliphatic carbocycles. The van der Waals surface area contributed by atoms with Gasteiger partial charge in [-0.1, -0.05) is 18.2 Å². The highest BCUT2D eigenvalue weighted by molar-refractivity contribution is 6.05. The van der Waals surface area contributed by atoms with E-state index in [1.54, 1.807) is 6.07 Å². The van der Waals surface area contributed by atoms with E-state index in [0.717, 1.165) is 18.4 Å². The Morgan fingerprint density at radius 1 is 1.32 bits per heavy atom. The maximum Gasteiger partial charge on any atom is 0.252 e. The zero-order valence-corrected chi connectivity index (χ0v) is 13.0. The third-order valence-electron chi connectivity index (χ3n) is 3.94. The Kier molecular flexibility index (Phi) is 5.57. The second-order valence-corrected chi connectivity index (χ2v) is 5.43. The first kappa shape index (κ1) is 16.5. The minimum absolute atomic E-state index is 0. The number of carbonyl (C=O) groups excluding carboxylic acids is 1. The summed E-state index contributed by atoms with van der Waals surface area (Å²) in [5.74, 6) is -0.185. The summed E-state index contributed by atoms with van der Waals surface area (Å²) in [5.41, 5.74) is 0.873. The molecule has 3 rings (SSSR count). The third kappa shape index (κ3) is 3.67. The molecule has 2 aromatic rings. The van der Waals surface area contributed by atoms with Crippen LogP contribution < -0.4 is 16.2 Å². The van der Waals surface area contributed by atoms with Gasteiger partial charge in [0.15, 0.2) is 0 Å². The lowest BCUT2D eigenvalue weighted by atomic mass is 10.1. The van der Waals surface area contributed by atoms with Crippen LogP contribution in [0.15, 0.2) is 35.1 Å². The average molecular weight is 322 g/mol. The quantitative estimate of drug-likeness (QED) is 0.804. The van der Waals surface area contributed by atoms with Gasteiger partial charge in [-0.05, 0) is 31.9 Å². The summed E-state index contributed by atoms with van der Waals surface area (Å²) in [7, 11) is 0. The standard InChI is InChI=1S/C16H19N3O2.ClH/c20-15-10-13(12-5-1-2-6-14(12)19-15)16(21)18-9-7-11-4-3-8-17-11;/h1-2,5-6,10-11,17H,3-4,7-9H2,(H,18,21)(H,19,20);1H/t11-;/m1./s1. The molecule has 1 aromatic carbocycles. The highest BCUT2D eigenvalue weighted by Gasteiger charge is 2.15. The molecule has 0 bridgehead atoms. The van der Waals surface area contributed by atoms with Crippen molar-refractivity contribution < 1.29 is 4.79 Å². The summed E-state index contributed by atoms with van der Waals surface area (Å²) in [6.07, 6.45) is 3.30. The summed E-state index contributed by atoms with van der Waals surface area (Å²) in [6.45, 7) is 1.69. The van der Waals surface area contributed by atoms with Crippen LogP contribution in [-0.4, -0.2) is 30.0 Å². The Labute approximate surface area is 134 Å². The molecule has 5 nitrogen and oxygen atoms in total. The van der Waals surface area contributed by atoms with E-state index >= 15 is 0 Å². The largest absolute Gasteiger partial charge is 0.352 e. The Morgan fingerprint density at radius 3 is 2.91 bits per heavy atom. The first-order chi connectivity index (χ1) is 10.2. The van der Waals surface area contributed by atoms with E-state index in [0.29, 0.717) is 23.7 Å². The van der Waals surface area contributed by atoms with E-state index in [2.05, 4.69) is 15.6 Å². The van der Waals surface area contributed by atoms with E-state index in [4.69, 9.17) is 0 Å². The van der Waals surface area contributed by atoms with Crippen molar-refractivity contribution in [2.75, 3.05) is 13.1 Å². The summed E-state index contributed by atoms with van der Waals surface area (Å²) in [4.78, 5) is 26.7. The van der Waals surface area contributed by atoms with Crippen molar-refractivity contribution in [1.82, 2.24) is 15.6 Å². The van der Waals surface area contributed by atoms with Crippen LogP contribution in [0.2, 0.25) is 0 Å². The third-order valence-corrected chi connectivity index (χ3v) is 3.94. The molecule has 0 saturated carbocycles. The fourth-order valence-corrected chi connectivity index (χ4v) is 2.85. The average Bonchev–Trinajstić information content (AvgIpc) is 2.99. The number of aromatic amines is 1. The molecular weight excluding hydrogens is 302 g/mol. The van der Waals surface area contributed by atoms with E-state index in [-0.39, 0.29) is 23.9 Å². The maximum absolute atomic E-state index is 12.3. The molecule has 1 amide bonds. The number of aromatic nitrogens is 1. The van der Waals surface area contributed by atoms with E-state index in [1.165, 1.54) is 18.9 Å². The van der Waals surface area contributed by atoms with Crippen molar-refractivity contribution in [3.63, 3.8) is 0 Å². The zero-order chi connectivity index (χ0) is 14.7. The second-order valence-electron chi connectivity index (χ2n) is 5.43. The number of benzene rings is 1. The van der Waals surface area contributed by atoms with Crippen LogP contribution >= 0.6 is 12.4 Å². The molecule has 2 heterocycles. The van der Waals surface area contributed by atoms with Crippen LogP contribution in [0.5, 0.6) is 0 Å². The molecular formula is C16H20ClN3O2. The van der Waals surface area contributed by atoms with Crippen LogP contribution in [0.1, 0.15) is 29.6 Å². The van der Waals surface area contributed by atoms with E-state index in [9.17, 15) is 9.59 Å². The Bertz CT molecular complexity index is 708. The number of amides is 1. The Morgan fingerprint density at radius 2 is 2.14 bits per heavy atom. The van der Waals surface area contributed by atoms with E-state index < -0.39 is 0 Å². The van der Waals surface area contributed by atoms with Crippen LogP contribution in [0.4, 0.5) is 0 Å². The van der Waals surface area contributed by atoms with Crippen molar-refractivity contribution in [2.24, 2.45) is 0 Å². The molecule has 1 aliphatic rings. The topological polar surface area (TPSA) is 74.0 Å². The minimum Gasteiger partial charge on any atom is -0.352 e. The summed E-state index contributed by atoms with van der Waals surface area (Å²) < 4.78 is 0. The first-order valence-corrected chi connectivity index (χ1v) is 7.38. The molecule has 1 aliphatic heterocycles. The molecule has 0 unspecified atom stereocenters. The number of hydrogen-bond acceptors (Lipinski definition) is 3. The molecule has 118 valence electrons. The Hall–Kier alpha value is -1.85. The molecule has 3 N–H and O–H groups in total. The number of fused-ring (bicyclic) bond motifs is 1. The van der Waals surface area contributed by atoms with Crippen LogP contribution in [0, 0.1) is 0 Å². The molecule has 0 spiro atoms. The highest BCUT2D eigenvalue weighted by Crippen LogP contribution is 2.14. The molecule has 1 fully saturated rings. The van der Waals surface area contributed by atoms with Gasteiger partial charge in [0, 0.05) is 29.6 Å². The predicted molar refractivity (Wildman–Crippen MR) is 89.8 cm³/mol. The zero-order valence-electron chi connectivity index (χ0n) is 12.2. The van der Waals surface area contributed by atoms with Crippen LogP contribution in [0.3, 0.4) is 0 Å². The highest BCUT2D eigenvalue weighted by atomic mass is 35.5. The number of halogens is 1. The molecule has 0 radical (unpaired) electrons. The molecule has 1 aromatic heterocycles. The predicted octanol–water partition coefficient (Wildman–Crippen LogP) is 1.82. The molecule has 1 atom stereocenters. The lowest BCUT2D eigenvalue weighted by Gasteiger charge is -2.11. The smallest absolute Gasteiger partial charge is 0.252 e. The second kappa shape index (κ2) is 7.42. The number of carbonyl (C=O) groups is 1. The van der Waals surface area contributed by atoms with Gasteiger partial charge in [0.05, 0.1) is 5.56 Å². The van der Waals surface area contributed by atoms with Gasteiger partial charge in [-0.25, -0.2) is 0 Å². The number of para-hydroxylation sites is 1. The SMILES string of the molecule is Cl.O=C(NCC[C@H]1CCCN1)c1cc(=O)[nH]c2ccccc12.